The average molecular weight is 529 g/mol. The van der Waals surface area contributed by atoms with Crippen LogP contribution in [-0.4, -0.2) is 63.3 Å². The Balaban J connectivity index is 1.99. The molecular weight excluding hydrogens is 492 g/mol. The molecule has 2 amide bonds. The minimum atomic E-state index is -1.26. The highest BCUT2D eigenvalue weighted by Crippen LogP contribution is 2.23. The highest BCUT2D eigenvalue weighted by molar-refractivity contribution is 5.99. The highest BCUT2D eigenvalue weighted by atomic mass is 16.6. The van der Waals surface area contributed by atoms with Crippen molar-refractivity contribution in [2.75, 3.05) is 13.7 Å². The molecule has 0 radical (unpaired) electrons. The number of amides is 2. The van der Waals surface area contributed by atoms with E-state index in [4.69, 9.17) is 9.47 Å². The SMILES string of the molecule is COC(=O)[C@H](Cc1ccc(-c2c(C)n(C)c(=O)n(C)c2=O)cc1)N(C(=O)OC(C)(C)C)C(=O)[C@@H]1CCCN1. The lowest BCUT2D eigenvalue weighted by Gasteiger charge is -2.32. The van der Waals surface area contributed by atoms with Gasteiger partial charge >= 0.3 is 17.8 Å². The molecule has 206 valence electrons. The van der Waals surface area contributed by atoms with Crippen molar-refractivity contribution in [1.82, 2.24) is 19.4 Å². The topological polar surface area (TPSA) is 129 Å². The third-order valence-electron chi connectivity index (χ3n) is 6.60. The molecular formula is C27H36N4O7. The summed E-state index contributed by atoms with van der Waals surface area (Å²) in [6.45, 7) is 7.37. The van der Waals surface area contributed by atoms with Crippen molar-refractivity contribution in [3.8, 4) is 11.1 Å². The lowest BCUT2D eigenvalue weighted by Crippen LogP contribution is -2.56. The first-order valence-electron chi connectivity index (χ1n) is 12.5. The molecule has 38 heavy (non-hydrogen) atoms. The molecule has 0 unspecified atom stereocenters. The monoisotopic (exact) mass is 528 g/mol. The molecule has 2 heterocycles. The number of rotatable bonds is 6. The van der Waals surface area contributed by atoms with Crippen molar-refractivity contribution in [3.05, 3.63) is 56.4 Å². The maximum Gasteiger partial charge on any atom is 0.417 e. The van der Waals surface area contributed by atoms with Crippen LogP contribution in [0.2, 0.25) is 0 Å². The summed E-state index contributed by atoms with van der Waals surface area (Å²) in [5, 5.41) is 3.07. The number of aromatic nitrogens is 2. The number of benzene rings is 1. The number of imide groups is 1. The number of methoxy groups -OCH3 is 1. The maximum atomic E-state index is 13.4. The fourth-order valence-corrected chi connectivity index (χ4v) is 4.47. The predicted octanol–water partition coefficient (Wildman–Crippen LogP) is 1.66. The normalized spacial score (nSPS) is 16.1. The molecule has 2 atom stereocenters. The number of ether oxygens (including phenoxy) is 2. The highest BCUT2D eigenvalue weighted by Gasteiger charge is 2.41. The second-order valence-corrected chi connectivity index (χ2v) is 10.4. The van der Waals surface area contributed by atoms with E-state index >= 15 is 0 Å². The molecule has 0 spiro atoms. The molecule has 11 nitrogen and oxygen atoms in total. The molecule has 0 saturated carbocycles. The van der Waals surface area contributed by atoms with Crippen molar-refractivity contribution < 1.29 is 23.9 Å². The van der Waals surface area contributed by atoms with Gasteiger partial charge in [0.1, 0.15) is 11.6 Å². The lowest BCUT2D eigenvalue weighted by atomic mass is 9.99. The second-order valence-electron chi connectivity index (χ2n) is 10.4. The van der Waals surface area contributed by atoms with Crippen LogP contribution >= 0.6 is 0 Å². The zero-order valence-corrected chi connectivity index (χ0v) is 23.0. The van der Waals surface area contributed by atoms with Crippen LogP contribution in [0, 0.1) is 6.92 Å². The number of hydrogen-bond donors (Lipinski definition) is 1. The summed E-state index contributed by atoms with van der Waals surface area (Å²) in [5.74, 6) is -1.30. The molecule has 1 aliphatic heterocycles. The van der Waals surface area contributed by atoms with E-state index in [1.165, 1.54) is 18.7 Å². The summed E-state index contributed by atoms with van der Waals surface area (Å²) in [6, 6.07) is 4.96. The standard InChI is InChI=1S/C27H36N4O7/c1-16-21(23(33)30(6)25(35)29(16)5)18-12-10-17(11-13-18)15-20(24(34)37-7)31(26(36)38-27(2,3)4)22(32)19-9-8-14-28-19/h10-13,19-20,28H,8-9,14-15H2,1-7H3/t19-,20-/m0/s1. The number of carbonyl (C=O) groups excluding carboxylic acids is 3. The summed E-state index contributed by atoms with van der Waals surface area (Å²) in [7, 11) is 4.21. The molecule has 1 aliphatic rings. The van der Waals surface area contributed by atoms with E-state index in [-0.39, 0.29) is 6.42 Å². The van der Waals surface area contributed by atoms with Gasteiger partial charge in [0.05, 0.1) is 18.7 Å². The predicted molar refractivity (Wildman–Crippen MR) is 141 cm³/mol. The van der Waals surface area contributed by atoms with Gasteiger partial charge in [0.2, 0.25) is 5.91 Å². The molecule has 0 aliphatic carbocycles. The second kappa shape index (κ2) is 11.3. The van der Waals surface area contributed by atoms with Gasteiger partial charge in [-0.05, 0) is 58.2 Å². The van der Waals surface area contributed by atoms with E-state index in [0.29, 0.717) is 35.3 Å². The minimum Gasteiger partial charge on any atom is -0.467 e. The molecule has 1 fully saturated rings. The van der Waals surface area contributed by atoms with Gasteiger partial charge in [0, 0.05) is 26.2 Å². The Bertz CT molecular complexity index is 1330. The van der Waals surface area contributed by atoms with E-state index < -0.39 is 46.9 Å². The third-order valence-corrected chi connectivity index (χ3v) is 6.60. The van der Waals surface area contributed by atoms with Crippen molar-refractivity contribution >= 4 is 18.0 Å². The molecule has 11 heteroatoms. The van der Waals surface area contributed by atoms with Crippen LogP contribution < -0.4 is 16.6 Å². The first-order valence-corrected chi connectivity index (χ1v) is 12.5. The molecule has 3 rings (SSSR count). The van der Waals surface area contributed by atoms with Crippen LogP contribution in [0.15, 0.2) is 33.9 Å². The fourth-order valence-electron chi connectivity index (χ4n) is 4.47. The van der Waals surface area contributed by atoms with Gasteiger partial charge < -0.3 is 19.4 Å². The Hall–Kier alpha value is -3.73. The lowest BCUT2D eigenvalue weighted by molar-refractivity contribution is -0.152. The van der Waals surface area contributed by atoms with Gasteiger partial charge in [-0.1, -0.05) is 24.3 Å². The first-order chi connectivity index (χ1) is 17.8. The maximum absolute atomic E-state index is 13.4. The van der Waals surface area contributed by atoms with Crippen LogP contribution in [0.5, 0.6) is 0 Å². The van der Waals surface area contributed by atoms with E-state index in [1.54, 1.807) is 59.0 Å². The van der Waals surface area contributed by atoms with Crippen molar-refractivity contribution in [2.24, 2.45) is 14.1 Å². The van der Waals surface area contributed by atoms with Crippen molar-refractivity contribution in [1.29, 1.82) is 0 Å². The fraction of sp³-hybridized carbons (Fsp3) is 0.519. The number of nitrogens with zero attached hydrogens (tertiary/aromatic N) is 3. The van der Waals surface area contributed by atoms with Gasteiger partial charge in [-0.25, -0.2) is 19.3 Å². The van der Waals surface area contributed by atoms with Crippen LogP contribution in [0.25, 0.3) is 11.1 Å². The molecule has 0 bridgehead atoms. The van der Waals surface area contributed by atoms with E-state index in [1.807, 2.05) is 0 Å². The van der Waals surface area contributed by atoms with E-state index in [2.05, 4.69) is 5.32 Å². The minimum absolute atomic E-state index is 0.0189. The Kier molecular flexibility index (Phi) is 8.61. The zero-order valence-electron chi connectivity index (χ0n) is 23.0. The number of hydrogen-bond acceptors (Lipinski definition) is 8. The first kappa shape index (κ1) is 28.8. The summed E-state index contributed by atoms with van der Waals surface area (Å²) in [4.78, 5) is 65.4. The summed E-state index contributed by atoms with van der Waals surface area (Å²) in [6.07, 6.45) is 0.365. The summed E-state index contributed by atoms with van der Waals surface area (Å²) < 4.78 is 12.9. The van der Waals surface area contributed by atoms with Gasteiger partial charge in [-0.2, -0.15) is 0 Å². The van der Waals surface area contributed by atoms with Gasteiger partial charge in [-0.3, -0.25) is 14.2 Å². The van der Waals surface area contributed by atoms with Gasteiger partial charge in [0.15, 0.2) is 0 Å². The van der Waals surface area contributed by atoms with Crippen molar-refractivity contribution in [3.63, 3.8) is 0 Å². The molecule has 1 saturated heterocycles. The number of nitrogens with one attached hydrogen (secondary N) is 1. The summed E-state index contributed by atoms with van der Waals surface area (Å²) in [5.41, 5.74) is 0.388. The van der Waals surface area contributed by atoms with E-state index in [9.17, 15) is 24.0 Å². The van der Waals surface area contributed by atoms with Crippen LogP contribution in [-0.2, 0) is 39.6 Å². The third kappa shape index (κ3) is 6.04. The molecule has 1 aromatic carbocycles. The summed E-state index contributed by atoms with van der Waals surface area (Å²) >= 11 is 0. The van der Waals surface area contributed by atoms with Crippen LogP contribution in [0.1, 0.15) is 44.9 Å². The Labute approximate surface area is 221 Å². The van der Waals surface area contributed by atoms with Crippen molar-refractivity contribution in [2.45, 2.75) is 64.6 Å². The Morgan fingerprint density at radius 2 is 1.74 bits per heavy atom. The smallest absolute Gasteiger partial charge is 0.417 e. The Morgan fingerprint density at radius 3 is 2.26 bits per heavy atom. The van der Waals surface area contributed by atoms with Crippen LogP contribution in [0.3, 0.4) is 0 Å². The largest absolute Gasteiger partial charge is 0.467 e. The number of esters is 1. The average Bonchev–Trinajstić information content (AvgIpc) is 3.40. The quantitative estimate of drug-likeness (QED) is 0.561. The van der Waals surface area contributed by atoms with Gasteiger partial charge in [0.25, 0.3) is 5.56 Å². The Morgan fingerprint density at radius 1 is 1.11 bits per heavy atom. The molecule has 1 N–H and O–H groups in total. The van der Waals surface area contributed by atoms with E-state index in [0.717, 1.165) is 15.9 Å². The van der Waals surface area contributed by atoms with Gasteiger partial charge in [-0.15, -0.1) is 0 Å². The van der Waals surface area contributed by atoms with Crippen LogP contribution in [0.4, 0.5) is 4.79 Å². The molecule has 1 aromatic heterocycles. The molecule has 2 aromatic rings. The zero-order chi connectivity index (χ0) is 28.4. The number of carbonyl (C=O) groups is 3.